The molecule has 0 saturated heterocycles. The van der Waals surface area contributed by atoms with Gasteiger partial charge >= 0.3 is 0 Å². The summed E-state index contributed by atoms with van der Waals surface area (Å²) in [6, 6.07) is 0. The van der Waals surface area contributed by atoms with E-state index >= 15 is 0 Å². The van der Waals surface area contributed by atoms with Crippen LogP contribution in [-0.2, 0) is 0 Å². The van der Waals surface area contributed by atoms with Crippen LogP contribution >= 0.6 is 0 Å². The average Bonchev–Trinajstić information content (AvgIpc) is 2.35. The summed E-state index contributed by atoms with van der Waals surface area (Å²) in [4.78, 5) is 20.3. The van der Waals surface area contributed by atoms with Gasteiger partial charge in [0.1, 0.15) is 11.5 Å². The first-order valence-electron chi connectivity index (χ1n) is 6.57. The van der Waals surface area contributed by atoms with Crippen LogP contribution < -0.4 is 10.6 Å². The van der Waals surface area contributed by atoms with Crippen LogP contribution in [0.15, 0.2) is 12.4 Å². The molecule has 98 valence electrons. The summed E-state index contributed by atoms with van der Waals surface area (Å²) in [7, 11) is 0. The molecule has 0 radical (unpaired) electrons. The van der Waals surface area contributed by atoms with E-state index in [0.717, 1.165) is 25.8 Å². The molecule has 1 aromatic rings. The summed E-state index contributed by atoms with van der Waals surface area (Å²) < 4.78 is 0. The fourth-order valence-electron chi connectivity index (χ4n) is 2.19. The Bertz CT molecular complexity index is 406. The zero-order chi connectivity index (χ0) is 13.0. The minimum atomic E-state index is -0.118. The van der Waals surface area contributed by atoms with Crippen LogP contribution in [0.5, 0.6) is 0 Å². The lowest BCUT2D eigenvalue weighted by molar-refractivity contribution is 0.0815. The lowest BCUT2D eigenvalue weighted by Crippen LogP contribution is -2.53. The third-order valence-electron chi connectivity index (χ3n) is 3.61. The molecule has 1 aliphatic carbocycles. The number of carbonyl (C=O) groups is 1. The monoisotopic (exact) mass is 248 g/mol. The highest BCUT2D eigenvalue weighted by atomic mass is 16.2. The summed E-state index contributed by atoms with van der Waals surface area (Å²) in [5.41, 5.74) is 0.385. The Morgan fingerprint density at radius 1 is 1.33 bits per heavy atom. The molecule has 2 rings (SSSR count). The Morgan fingerprint density at radius 2 is 2.11 bits per heavy atom. The Morgan fingerprint density at radius 3 is 2.56 bits per heavy atom. The molecule has 0 unspecified atom stereocenters. The molecule has 5 heteroatoms. The minimum Gasteiger partial charge on any atom is -0.369 e. The van der Waals surface area contributed by atoms with Crippen molar-refractivity contribution in [1.82, 2.24) is 15.3 Å². The van der Waals surface area contributed by atoms with Gasteiger partial charge in [0.05, 0.1) is 12.4 Å². The number of amides is 1. The van der Waals surface area contributed by atoms with Crippen LogP contribution in [0, 0.1) is 0 Å². The smallest absolute Gasteiger partial charge is 0.271 e. The minimum absolute atomic E-state index is 0.000890. The summed E-state index contributed by atoms with van der Waals surface area (Å²) >= 11 is 0. The largest absolute Gasteiger partial charge is 0.369 e. The topological polar surface area (TPSA) is 66.9 Å². The first-order chi connectivity index (χ1) is 8.69. The SMILES string of the molecule is CCNc1cnc(C(=O)NC2(CC)CCC2)cn1. The third-order valence-corrected chi connectivity index (χ3v) is 3.61. The lowest BCUT2D eigenvalue weighted by Gasteiger charge is -2.41. The molecular formula is C13H20N4O. The van der Waals surface area contributed by atoms with Gasteiger partial charge in [-0.05, 0) is 32.6 Å². The first kappa shape index (κ1) is 12.8. The molecule has 0 spiro atoms. The molecule has 0 atom stereocenters. The molecule has 0 bridgehead atoms. The highest BCUT2D eigenvalue weighted by Gasteiger charge is 2.36. The van der Waals surface area contributed by atoms with Crippen molar-refractivity contribution in [3.05, 3.63) is 18.1 Å². The van der Waals surface area contributed by atoms with E-state index in [0.29, 0.717) is 11.5 Å². The van der Waals surface area contributed by atoms with Crippen LogP contribution in [0.3, 0.4) is 0 Å². The van der Waals surface area contributed by atoms with Crippen molar-refractivity contribution in [1.29, 1.82) is 0 Å². The van der Waals surface area contributed by atoms with E-state index in [-0.39, 0.29) is 11.4 Å². The van der Waals surface area contributed by atoms with Gasteiger partial charge in [0.2, 0.25) is 0 Å². The number of hydrogen-bond donors (Lipinski definition) is 2. The van der Waals surface area contributed by atoms with Crippen LogP contribution in [-0.4, -0.2) is 28.0 Å². The fourth-order valence-corrected chi connectivity index (χ4v) is 2.19. The van der Waals surface area contributed by atoms with Gasteiger partial charge in [-0.1, -0.05) is 6.92 Å². The van der Waals surface area contributed by atoms with Crippen LogP contribution in [0.1, 0.15) is 50.0 Å². The molecule has 1 fully saturated rings. The van der Waals surface area contributed by atoms with E-state index in [1.54, 1.807) is 6.20 Å². The average molecular weight is 248 g/mol. The van der Waals surface area contributed by atoms with Gasteiger partial charge in [0, 0.05) is 12.1 Å². The number of nitrogens with zero attached hydrogens (tertiary/aromatic N) is 2. The van der Waals surface area contributed by atoms with Crippen molar-refractivity contribution < 1.29 is 4.79 Å². The molecule has 1 aromatic heterocycles. The standard InChI is InChI=1S/C13H20N4O/c1-3-13(6-5-7-13)17-12(18)10-8-16-11(9-15-10)14-4-2/h8-9H,3-7H2,1-2H3,(H,14,16)(H,17,18). The third kappa shape index (κ3) is 2.60. The van der Waals surface area contributed by atoms with E-state index < -0.39 is 0 Å². The number of carbonyl (C=O) groups excluding carboxylic acids is 1. The number of nitrogens with one attached hydrogen (secondary N) is 2. The molecule has 18 heavy (non-hydrogen) atoms. The van der Waals surface area contributed by atoms with Gasteiger partial charge in [-0.2, -0.15) is 0 Å². The maximum absolute atomic E-state index is 12.0. The molecule has 1 saturated carbocycles. The summed E-state index contributed by atoms with van der Waals surface area (Å²) in [5.74, 6) is 0.579. The molecule has 0 aliphatic heterocycles. The Hall–Kier alpha value is -1.65. The number of anilines is 1. The second-order valence-corrected chi connectivity index (χ2v) is 4.76. The van der Waals surface area contributed by atoms with Crippen molar-refractivity contribution in [2.24, 2.45) is 0 Å². The highest BCUT2D eigenvalue weighted by Crippen LogP contribution is 2.34. The zero-order valence-electron chi connectivity index (χ0n) is 11.0. The van der Waals surface area contributed by atoms with Gasteiger partial charge in [-0.25, -0.2) is 9.97 Å². The molecule has 0 aromatic carbocycles. The summed E-state index contributed by atoms with van der Waals surface area (Å²) in [5, 5.41) is 6.14. The summed E-state index contributed by atoms with van der Waals surface area (Å²) in [6.07, 6.45) is 7.42. The van der Waals surface area contributed by atoms with Crippen LogP contribution in [0.4, 0.5) is 5.82 Å². The van der Waals surface area contributed by atoms with E-state index in [2.05, 4.69) is 27.5 Å². The van der Waals surface area contributed by atoms with Crippen molar-refractivity contribution in [2.45, 2.75) is 45.1 Å². The van der Waals surface area contributed by atoms with Gasteiger partial charge in [0.15, 0.2) is 0 Å². The van der Waals surface area contributed by atoms with Crippen LogP contribution in [0.2, 0.25) is 0 Å². The molecule has 1 aliphatic rings. The van der Waals surface area contributed by atoms with Crippen LogP contribution in [0.25, 0.3) is 0 Å². The van der Waals surface area contributed by atoms with E-state index in [9.17, 15) is 4.79 Å². The van der Waals surface area contributed by atoms with Gasteiger partial charge < -0.3 is 10.6 Å². The second-order valence-electron chi connectivity index (χ2n) is 4.76. The predicted molar refractivity (Wildman–Crippen MR) is 70.5 cm³/mol. The zero-order valence-corrected chi connectivity index (χ0v) is 11.0. The molecule has 1 amide bonds. The normalized spacial score (nSPS) is 16.8. The quantitative estimate of drug-likeness (QED) is 0.836. The number of hydrogen-bond acceptors (Lipinski definition) is 4. The summed E-state index contributed by atoms with van der Waals surface area (Å²) in [6.45, 7) is 4.89. The number of aromatic nitrogens is 2. The van der Waals surface area contributed by atoms with E-state index in [1.807, 2.05) is 6.92 Å². The van der Waals surface area contributed by atoms with Gasteiger partial charge in [-0.15, -0.1) is 0 Å². The lowest BCUT2D eigenvalue weighted by atomic mass is 9.75. The first-order valence-corrected chi connectivity index (χ1v) is 6.57. The fraction of sp³-hybridized carbons (Fsp3) is 0.615. The van der Waals surface area contributed by atoms with Crippen molar-refractivity contribution >= 4 is 11.7 Å². The number of rotatable bonds is 5. The second kappa shape index (κ2) is 5.33. The van der Waals surface area contributed by atoms with Crippen molar-refractivity contribution in [3.8, 4) is 0 Å². The maximum atomic E-state index is 12.0. The highest BCUT2D eigenvalue weighted by molar-refractivity contribution is 5.92. The molecule has 5 nitrogen and oxygen atoms in total. The van der Waals surface area contributed by atoms with Gasteiger partial charge in [-0.3, -0.25) is 4.79 Å². The van der Waals surface area contributed by atoms with Crippen molar-refractivity contribution in [2.75, 3.05) is 11.9 Å². The predicted octanol–water partition coefficient (Wildman–Crippen LogP) is 1.97. The molecule has 2 N–H and O–H groups in total. The Balaban J connectivity index is 2.00. The Kier molecular flexibility index (Phi) is 3.79. The van der Waals surface area contributed by atoms with E-state index in [4.69, 9.17) is 0 Å². The Labute approximate surface area is 107 Å². The maximum Gasteiger partial charge on any atom is 0.271 e. The van der Waals surface area contributed by atoms with E-state index in [1.165, 1.54) is 12.6 Å². The van der Waals surface area contributed by atoms with Crippen molar-refractivity contribution in [3.63, 3.8) is 0 Å². The van der Waals surface area contributed by atoms with Gasteiger partial charge in [0.25, 0.3) is 5.91 Å². The molecular weight excluding hydrogens is 228 g/mol. The molecule has 1 heterocycles.